The van der Waals surface area contributed by atoms with E-state index in [4.69, 9.17) is 9.47 Å². The lowest BCUT2D eigenvalue weighted by molar-refractivity contribution is -0.138. The van der Waals surface area contributed by atoms with Crippen LogP contribution in [-0.2, 0) is 11.2 Å². The van der Waals surface area contributed by atoms with E-state index in [0.29, 0.717) is 24.5 Å². The van der Waals surface area contributed by atoms with Gasteiger partial charge < -0.3 is 19.5 Å². The number of carboxylic acid groups (broad SMARTS) is 1. The Balaban J connectivity index is 2.08. The monoisotopic (exact) mass is 357 g/mol. The van der Waals surface area contributed by atoms with Gasteiger partial charge in [0.25, 0.3) is 0 Å². The number of ether oxygens (including phenoxy) is 2. The van der Waals surface area contributed by atoms with Crippen LogP contribution >= 0.6 is 0 Å². The molecular weight excluding hydrogens is 330 g/mol. The molecule has 0 fully saturated rings. The van der Waals surface area contributed by atoms with Gasteiger partial charge >= 0.3 is 5.97 Å². The Hall–Kier alpha value is -2.53. The van der Waals surface area contributed by atoms with Crippen molar-refractivity contribution in [2.45, 2.75) is 18.8 Å². The van der Waals surface area contributed by atoms with Crippen molar-refractivity contribution >= 4 is 5.97 Å². The van der Waals surface area contributed by atoms with Crippen molar-refractivity contribution in [1.29, 1.82) is 0 Å². The normalized spacial score (nSPS) is 12.0. The third-order valence-corrected chi connectivity index (χ3v) is 4.18. The fourth-order valence-corrected chi connectivity index (χ4v) is 2.79. The van der Waals surface area contributed by atoms with Crippen LogP contribution in [0.3, 0.4) is 0 Å². The van der Waals surface area contributed by atoms with Crippen LogP contribution in [0.5, 0.6) is 11.5 Å². The van der Waals surface area contributed by atoms with Crippen molar-refractivity contribution in [3.63, 3.8) is 0 Å². The van der Waals surface area contributed by atoms with Crippen molar-refractivity contribution in [2.75, 3.05) is 34.4 Å². The van der Waals surface area contributed by atoms with E-state index in [1.807, 2.05) is 62.6 Å². The predicted molar refractivity (Wildman–Crippen MR) is 102 cm³/mol. The maximum absolute atomic E-state index is 11.7. The van der Waals surface area contributed by atoms with Gasteiger partial charge in [-0.1, -0.05) is 36.4 Å². The van der Waals surface area contributed by atoms with Gasteiger partial charge in [-0.2, -0.15) is 0 Å². The van der Waals surface area contributed by atoms with E-state index in [1.165, 1.54) is 0 Å². The molecule has 5 nitrogen and oxygen atoms in total. The first-order valence-corrected chi connectivity index (χ1v) is 8.73. The summed E-state index contributed by atoms with van der Waals surface area (Å²) in [6, 6.07) is 14.9. The molecule has 0 aliphatic heterocycles. The van der Waals surface area contributed by atoms with Crippen LogP contribution in [0.2, 0.25) is 0 Å². The number of hydrogen-bond donors (Lipinski definition) is 1. The molecule has 1 unspecified atom stereocenters. The minimum atomic E-state index is -0.834. The Morgan fingerprint density at radius 2 is 1.85 bits per heavy atom. The molecule has 5 heteroatoms. The third-order valence-electron chi connectivity index (χ3n) is 4.18. The molecule has 2 aromatic carbocycles. The summed E-state index contributed by atoms with van der Waals surface area (Å²) < 4.78 is 11.2. The summed E-state index contributed by atoms with van der Waals surface area (Å²) in [6.07, 6.45) is 1.32. The average molecular weight is 357 g/mol. The minimum absolute atomic E-state index is 0.399. The summed E-state index contributed by atoms with van der Waals surface area (Å²) >= 11 is 0. The molecule has 140 valence electrons. The molecule has 0 saturated carbocycles. The zero-order chi connectivity index (χ0) is 18.9. The van der Waals surface area contributed by atoms with Crippen molar-refractivity contribution in [1.82, 2.24) is 4.90 Å². The van der Waals surface area contributed by atoms with E-state index in [2.05, 4.69) is 4.90 Å². The zero-order valence-corrected chi connectivity index (χ0v) is 15.6. The molecule has 2 rings (SSSR count). The highest BCUT2D eigenvalue weighted by Crippen LogP contribution is 2.30. The van der Waals surface area contributed by atoms with Gasteiger partial charge in [0, 0.05) is 6.54 Å². The van der Waals surface area contributed by atoms with Crippen LogP contribution < -0.4 is 9.47 Å². The van der Waals surface area contributed by atoms with Gasteiger partial charge in [0.1, 0.15) is 0 Å². The van der Waals surface area contributed by atoms with E-state index in [0.717, 1.165) is 24.1 Å². The van der Waals surface area contributed by atoms with Crippen LogP contribution in [0.15, 0.2) is 48.5 Å². The molecule has 0 aliphatic rings. The number of carbonyl (C=O) groups is 1. The van der Waals surface area contributed by atoms with Crippen LogP contribution in [0, 0.1) is 0 Å². The minimum Gasteiger partial charge on any atom is -0.493 e. The van der Waals surface area contributed by atoms with Gasteiger partial charge in [-0.15, -0.1) is 0 Å². The number of carboxylic acids is 1. The van der Waals surface area contributed by atoms with Crippen LogP contribution in [0.1, 0.15) is 23.5 Å². The maximum atomic E-state index is 11.7. The zero-order valence-electron chi connectivity index (χ0n) is 15.6. The number of aliphatic carboxylic acids is 1. The number of rotatable bonds is 10. The van der Waals surface area contributed by atoms with Crippen molar-refractivity contribution < 1.29 is 19.4 Å². The SMILES string of the molecule is COc1cc(CC(C(=O)O)c2ccccc2)ccc1OCCCN(C)C. The molecular formula is C21H27NO4. The molecule has 0 radical (unpaired) electrons. The van der Waals surface area contributed by atoms with E-state index < -0.39 is 11.9 Å². The first kappa shape index (κ1) is 19.8. The van der Waals surface area contributed by atoms with Crippen LogP contribution in [-0.4, -0.2) is 50.3 Å². The van der Waals surface area contributed by atoms with Gasteiger partial charge in [-0.3, -0.25) is 4.79 Å². The average Bonchev–Trinajstić information content (AvgIpc) is 2.64. The molecule has 0 bridgehead atoms. The summed E-state index contributed by atoms with van der Waals surface area (Å²) in [5.41, 5.74) is 1.70. The lowest BCUT2D eigenvalue weighted by atomic mass is 9.92. The Labute approximate surface area is 155 Å². The smallest absolute Gasteiger partial charge is 0.311 e. The second kappa shape index (κ2) is 9.82. The Kier molecular flexibility index (Phi) is 7.48. The fourth-order valence-electron chi connectivity index (χ4n) is 2.79. The molecule has 1 atom stereocenters. The van der Waals surface area contributed by atoms with Crippen molar-refractivity contribution in [3.8, 4) is 11.5 Å². The second-order valence-corrected chi connectivity index (χ2v) is 6.50. The van der Waals surface area contributed by atoms with E-state index in [9.17, 15) is 9.90 Å². The highest BCUT2D eigenvalue weighted by atomic mass is 16.5. The van der Waals surface area contributed by atoms with Gasteiger partial charge in [0.05, 0.1) is 19.6 Å². The largest absolute Gasteiger partial charge is 0.493 e. The molecule has 1 N–H and O–H groups in total. The fraction of sp³-hybridized carbons (Fsp3) is 0.381. The quantitative estimate of drug-likeness (QED) is 0.660. The highest BCUT2D eigenvalue weighted by molar-refractivity contribution is 5.76. The molecule has 0 amide bonds. The summed E-state index contributed by atoms with van der Waals surface area (Å²) in [6.45, 7) is 1.56. The van der Waals surface area contributed by atoms with Crippen LogP contribution in [0.4, 0.5) is 0 Å². The second-order valence-electron chi connectivity index (χ2n) is 6.50. The summed E-state index contributed by atoms with van der Waals surface area (Å²) in [4.78, 5) is 13.8. The predicted octanol–water partition coefficient (Wildman–Crippen LogP) is 3.44. The van der Waals surface area contributed by atoms with Crippen molar-refractivity contribution in [3.05, 3.63) is 59.7 Å². The van der Waals surface area contributed by atoms with Crippen LogP contribution in [0.25, 0.3) is 0 Å². The summed E-state index contributed by atoms with van der Waals surface area (Å²) in [7, 11) is 5.65. The molecule has 26 heavy (non-hydrogen) atoms. The third kappa shape index (κ3) is 5.77. The standard InChI is InChI=1S/C21H27NO4/c1-22(2)12-7-13-26-19-11-10-16(15-20(19)25-3)14-18(21(23)24)17-8-5-4-6-9-17/h4-6,8-11,15,18H,7,12-14H2,1-3H3,(H,23,24). The van der Waals surface area contributed by atoms with Gasteiger partial charge in [-0.25, -0.2) is 0 Å². The number of benzene rings is 2. The Morgan fingerprint density at radius 3 is 2.46 bits per heavy atom. The number of nitrogens with zero attached hydrogens (tertiary/aromatic N) is 1. The molecule has 0 spiro atoms. The topological polar surface area (TPSA) is 59.0 Å². The van der Waals surface area contributed by atoms with Gasteiger partial charge in [0.15, 0.2) is 11.5 Å². The molecule has 2 aromatic rings. The summed E-state index contributed by atoms with van der Waals surface area (Å²) in [5, 5.41) is 9.60. The Bertz CT molecular complexity index is 700. The van der Waals surface area contributed by atoms with Crippen molar-refractivity contribution in [2.24, 2.45) is 0 Å². The molecule has 0 heterocycles. The number of hydrogen-bond acceptors (Lipinski definition) is 4. The van der Waals surface area contributed by atoms with E-state index in [-0.39, 0.29) is 0 Å². The first-order chi connectivity index (χ1) is 12.5. The van der Waals surface area contributed by atoms with E-state index in [1.54, 1.807) is 7.11 Å². The number of methoxy groups -OCH3 is 1. The first-order valence-electron chi connectivity index (χ1n) is 8.73. The van der Waals surface area contributed by atoms with Gasteiger partial charge in [0.2, 0.25) is 0 Å². The lowest BCUT2D eigenvalue weighted by Gasteiger charge is -2.16. The van der Waals surface area contributed by atoms with E-state index >= 15 is 0 Å². The van der Waals surface area contributed by atoms with Gasteiger partial charge in [-0.05, 0) is 50.2 Å². The lowest BCUT2D eigenvalue weighted by Crippen LogP contribution is -2.16. The molecule has 0 aliphatic carbocycles. The molecule has 0 aromatic heterocycles. The Morgan fingerprint density at radius 1 is 1.12 bits per heavy atom. The highest BCUT2D eigenvalue weighted by Gasteiger charge is 2.20. The summed E-state index contributed by atoms with van der Waals surface area (Å²) in [5.74, 6) is -0.113. The maximum Gasteiger partial charge on any atom is 0.311 e. The molecule has 0 saturated heterocycles.